The molecule has 0 saturated heterocycles. The van der Waals surface area contributed by atoms with Crippen LogP contribution < -0.4 is 5.32 Å². The van der Waals surface area contributed by atoms with E-state index in [1.165, 1.54) is 10.9 Å². The predicted octanol–water partition coefficient (Wildman–Crippen LogP) is 0.784. The second kappa shape index (κ2) is 5.69. The van der Waals surface area contributed by atoms with Gasteiger partial charge in [-0.2, -0.15) is 0 Å². The predicted molar refractivity (Wildman–Crippen MR) is 65.5 cm³/mol. The van der Waals surface area contributed by atoms with Gasteiger partial charge >= 0.3 is 5.97 Å². The van der Waals surface area contributed by atoms with E-state index in [2.05, 4.69) is 20.6 Å². The van der Waals surface area contributed by atoms with Gasteiger partial charge in [0, 0.05) is 18.1 Å². The lowest BCUT2D eigenvalue weighted by molar-refractivity contribution is 0.0690. The monoisotopic (exact) mass is 267 g/mol. The Morgan fingerprint density at radius 1 is 1.67 bits per heavy atom. The molecule has 96 valence electrons. The summed E-state index contributed by atoms with van der Waals surface area (Å²) < 4.78 is 1.50. The molecule has 0 aliphatic heterocycles. The second-order valence-corrected chi connectivity index (χ2v) is 4.64. The highest BCUT2D eigenvalue weighted by atomic mass is 32.1. The molecular weight excluding hydrogens is 254 g/mol. The highest BCUT2D eigenvalue weighted by molar-refractivity contribution is 7.09. The van der Waals surface area contributed by atoms with Crippen molar-refractivity contribution in [1.82, 2.24) is 25.3 Å². The Bertz CT molecular complexity index is 510. The van der Waals surface area contributed by atoms with Crippen molar-refractivity contribution < 1.29 is 9.90 Å². The largest absolute Gasteiger partial charge is 0.476 e. The fraction of sp³-hybridized carbons (Fsp3) is 0.400. The first-order chi connectivity index (χ1) is 8.66. The van der Waals surface area contributed by atoms with Crippen LogP contribution in [0.25, 0.3) is 0 Å². The van der Waals surface area contributed by atoms with Gasteiger partial charge < -0.3 is 10.4 Å². The van der Waals surface area contributed by atoms with Crippen molar-refractivity contribution in [2.45, 2.75) is 19.5 Å². The number of carboxylic acid groups (broad SMARTS) is 1. The fourth-order valence-electron chi connectivity index (χ4n) is 1.44. The maximum Gasteiger partial charge on any atom is 0.358 e. The molecule has 0 aromatic carbocycles. The van der Waals surface area contributed by atoms with Crippen LogP contribution in [0.15, 0.2) is 17.8 Å². The van der Waals surface area contributed by atoms with Crippen molar-refractivity contribution >= 4 is 17.3 Å². The van der Waals surface area contributed by atoms with Gasteiger partial charge in [-0.15, -0.1) is 16.4 Å². The minimum atomic E-state index is -1.06. The van der Waals surface area contributed by atoms with Gasteiger partial charge in [-0.1, -0.05) is 5.21 Å². The Labute approximate surface area is 107 Å². The van der Waals surface area contributed by atoms with Crippen molar-refractivity contribution in [1.29, 1.82) is 0 Å². The molecule has 0 bridgehead atoms. The molecule has 18 heavy (non-hydrogen) atoms. The third kappa shape index (κ3) is 3.11. The summed E-state index contributed by atoms with van der Waals surface area (Å²) in [5, 5.41) is 22.2. The van der Waals surface area contributed by atoms with Crippen LogP contribution in [0, 0.1) is 0 Å². The number of hydrogen-bond acceptors (Lipinski definition) is 6. The Hall–Kier alpha value is -1.80. The molecule has 2 aromatic heterocycles. The zero-order chi connectivity index (χ0) is 13.0. The summed E-state index contributed by atoms with van der Waals surface area (Å²) in [7, 11) is 0. The molecule has 0 aliphatic rings. The standard InChI is InChI=1S/C10H13N5O2S/c1-7(9-12-3-5-18-9)11-2-4-15-6-8(10(16)17)13-14-15/h3,5-7,11H,2,4H2,1H3,(H,16,17). The Kier molecular flexibility index (Phi) is 4.00. The molecule has 2 heterocycles. The summed E-state index contributed by atoms with van der Waals surface area (Å²) in [6.07, 6.45) is 3.19. The number of rotatable bonds is 6. The third-order valence-corrected chi connectivity index (χ3v) is 3.33. The van der Waals surface area contributed by atoms with Crippen LogP contribution in [0.4, 0.5) is 0 Å². The Morgan fingerprint density at radius 2 is 2.50 bits per heavy atom. The number of carboxylic acids is 1. The summed E-state index contributed by atoms with van der Waals surface area (Å²) in [6, 6.07) is 0.174. The van der Waals surface area contributed by atoms with Crippen molar-refractivity contribution in [3.05, 3.63) is 28.5 Å². The highest BCUT2D eigenvalue weighted by Gasteiger charge is 2.09. The number of nitrogens with zero attached hydrogens (tertiary/aromatic N) is 4. The van der Waals surface area contributed by atoms with Crippen molar-refractivity contribution in [2.24, 2.45) is 0 Å². The van der Waals surface area contributed by atoms with E-state index in [0.717, 1.165) is 5.01 Å². The molecule has 2 N–H and O–H groups in total. The van der Waals surface area contributed by atoms with Crippen LogP contribution in [0.5, 0.6) is 0 Å². The summed E-state index contributed by atoms with van der Waals surface area (Å²) in [5.41, 5.74) is -0.0389. The number of thiazole rings is 1. The fourth-order valence-corrected chi connectivity index (χ4v) is 2.11. The summed E-state index contributed by atoms with van der Waals surface area (Å²) in [6.45, 7) is 3.27. The number of nitrogens with one attached hydrogen (secondary N) is 1. The average molecular weight is 267 g/mol. The third-order valence-electron chi connectivity index (χ3n) is 2.37. The molecule has 7 nitrogen and oxygen atoms in total. The van der Waals surface area contributed by atoms with Crippen LogP contribution in [0.2, 0.25) is 0 Å². The minimum absolute atomic E-state index is 0.0389. The van der Waals surface area contributed by atoms with E-state index >= 15 is 0 Å². The van der Waals surface area contributed by atoms with Gasteiger partial charge in [-0.05, 0) is 6.92 Å². The second-order valence-electron chi connectivity index (χ2n) is 3.72. The van der Waals surface area contributed by atoms with E-state index in [0.29, 0.717) is 13.1 Å². The van der Waals surface area contributed by atoms with Gasteiger partial charge in [-0.3, -0.25) is 4.68 Å². The number of carbonyl (C=O) groups is 1. The van der Waals surface area contributed by atoms with Crippen LogP contribution in [0.1, 0.15) is 28.5 Å². The lowest BCUT2D eigenvalue weighted by atomic mass is 10.3. The van der Waals surface area contributed by atoms with E-state index in [4.69, 9.17) is 5.11 Å². The molecule has 2 aromatic rings. The molecule has 1 atom stereocenters. The van der Waals surface area contributed by atoms with Gasteiger partial charge in [0.2, 0.25) is 0 Å². The molecular formula is C10H13N5O2S. The number of aromatic nitrogens is 4. The zero-order valence-corrected chi connectivity index (χ0v) is 10.6. The van der Waals surface area contributed by atoms with Crippen LogP contribution in [-0.4, -0.2) is 37.6 Å². The van der Waals surface area contributed by atoms with Gasteiger partial charge in [0.1, 0.15) is 5.01 Å². The quantitative estimate of drug-likeness (QED) is 0.803. The topological polar surface area (TPSA) is 92.9 Å². The molecule has 0 saturated carbocycles. The first-order valence-electron chi connectivity index (χ1n) is 5.43. The van der Waals surface area contributed by atoms with Crippen LogP contribution >= 0.6 is 11.3 Å². The number of aromatic carboxylic acids is 1. The number of hydrogen-bond donors (Lipinski definition) is 2. The van der Waals surface area contributed by atoms with E-state index in [1.54, 1.807) is 17.5 Å². The van der Waals surface area contributed by atoms with Crippen molar-refractivity contribution in [3.63, 3.8) is 0 Å². The van der Waals surface area contributed by atoms with E-state index < -0.39 is 5.97 Å². The first-order valence-corrected chi connectivity index (χ1v) is 6.31. The lowest BCUT2D eigenvalue weighted by Crippen LogP contribution is -2.23. The van der Waals surface area contributed by atoms with Gasteiger partial charge in [0.25, 0.3) is 0 Å². The maximum absolute atomic E-state index is 10.6. The summed E-state index contributed by atoms with van der Waals surface area (Å²) in [5.74, 6) is -1.06. The van der Waals surface area contributed by atoms with Crippen molar-refractivity contribution in [2.75, 3.05) is 6.54 Å². The SMILES string of the molecule is CC(NCCn1cc(C(=O)O)nn1)c1nccs1. The molecule has 1 unspecified atom stereocenters. The average Bonchev–Trinajstić information content (AvgIpc) is 3.00. The van der Waals surface area contributed by atoms with Crippen LogP contribution in [0.3, 0.4) is 0 Å². The smallest absolute Gasteiger partial charge is 0.358 e. The van der Waals surface area contributed by atoms with Crippen LogP contribution in [-0.2, 0) is 6.54 Å². The normalized spacial score (nSPS) is 12.5. The van der Waals surface area contributed by atoms with Gasteiger partial charge in [0.15, 0.2) is 5.69 Å². The van der Waals surface area contributed by atoms with E-state index in [9.17, 15) is 4.79 Å². The van der Waals surface area contributed by atoms with E-state index in [-0.39, 0.29) is 11.7 Å². The molecule has 0 radical (unpaired) electrons. The van der Waals surface area contributed by atoms with E-state index in [1.807, 2.05) is 12.3 Å². The zero-order valence-electron chi connectivity index (χ0n) is 9.78. The Morgan fingerprint density at radius 3 is 3.11 bits per heavy atom. The molecule has 2 rings (SSSR count). The van der Waals surface area contributed by atoms with Gasteiger partial charge in [0.05, 0.1) is 18.8 Å². The molecule has 8 heteroatoms. The highest BCUT2D eigenvalue weighted by Crippen LogP contribution is 2.13. The minimum Gasteiger partial charge on any atom is -0.476 e. The molecule has 0 amide bonds. The van der Waals surface area contributed by atoms with Crippen molar-refractivity contribution in [3.8, 4) is 0 Å². The molecule has 0 aliphatic carbocycles. The molecule has 0 spiro atoms. The summed E-state index contributed by atoms with van der Waals surface area (Å²) >= 11 is 1.60. The summed E-state index contributed by atoms with van der Waals surface area (Å²) in [4.78, 5) is 14.8. The maximum atomic E-state index is 10.6. The molecule has 0 fully saturated rings. The first kappa shape index (κ1) is 12.7. The van der Waals surface area contributed by atoms with Gasteiger partial charge in [-0.25, -0.2) is 9.78 Å². The lowest BCUT2D eigenvalue weighted by Gasteiger charge is -2.10. The Balaban J connectivity index is 1.79.